The van der Waals surface area contributed by atoms with Crippen LogP contribution in [0.2, 0.25) is 0 Å². The summed E-state index contributed by atoms with van der Waals surface area (Å²) in [4.78, 5) is 16.4. The molecule has 5 heteroatoms. The Morgan fingerprint density at radius 3 is 2.76 bits per heavy atom. The lowest BCUT2D eigenvalue weighted by Gasteiger charge is -2.20. The number of carbonyl (C=O) groups excluding carboxylic acids is 1. The molecule has 1 heterocycles. The predicted molar refractivity (Wildman–Crippen MR) is 92.5 cm³/mol. The number of nitrogens with zero attached hydrogens (tertiary/aromatic N) is 2. The minimum Gasteiger partial charge on any atom is -0.456 e. The monoisotopic (exact) mass is 340 g/mol. The maximum atomic E-state index is 12.1. The van der Waals surface area contributed by atoms with Gasteiger partial charge in [0.1, 0.15) is 0 Å². The minimum absolute atomic E-state index is 0.0553. The van der Waals surface area contributed by atoms with Gasteiger partial charge in [-0.15, -0.1) is 0 Å². The number of aromatic nitrogens is 2. The van der Waals surface area contributed by atoms with Gasteiger partial charge in [-0.05, 0) is 49.0 Å². The minimum atomic E-state index is -0.149. The van der Waals surface area contributed by atoms with Crippen LogP contribution in [0.4, 0.5) is 0 Å². The summed E-state index contributed by atoms with van der Waals surface area (Å²) >= 11 is 0. The van der Waals surface area contributed by atoms with Crippen molar-refractivity contribution < 1.29 is 14.1 Å². The molecule has 0 saturated heterocycles. The van der Waals surface area contributed by atoms with Crippen LogP contribution in [0.3, 0.4) is 0 Å². The zero-order valence-electron chi connectivity index (χ0n) is 14.6. The molecule has 132 valence electrons. The molecule has 0 amide bonds. The summed E-state index contributed by atoms with van der Waals surface area (Å²) in [6.07, 6.45) is 6.66. The molecule has 2 saturated carbocycles. The number of carbonyl (C=O) groups is 1. The number of hydrogen-bond donors (Lipinski definition) is 0. The van der Waals surface area contributed by atoms with Gasteiger partial charge in [-0.2, -0.15) is 4.98 Å². The molecule has 0 aliphatic heterocycles. The van der Waals surface area contributed by atoms with Crippen LogP contribution in [0.15, 0.2) is 28.8 Å². The van der Waals surface area contributed by atoms with Gasteiger partial charge >= 0.3 is 5.97 Å². The lowest BCUT2D eigenvalue weighted by Crippen LogP contribution is -2.17. The summed E-state index contributed by atoms with van der Waals surface area (Å²) in [5, 5.41) is 3.98. The second kappa shape index (κ2) is 6.98. The van der Waals surface area contributed by atoms with E-state index in [0.29, 0.717) is 24.1 Å². The number of hydrogen-bond acceptors (Lipinski definition) is 5. The summed E-state index contributed by atoms with van der Waals surface area (Å²) in [5.41, 5.74) is 2.17. The van der Waals surface area contributed by atoms with Crippen LogP contribution in [0.5, 0.6) is 0 Å². The zero-order valence-corrected chi connectivity index (χ0v) is 14.6. The van der Waals surface area contributed by atoms with Gasteiger partial charge in [-0.1, -0.05) is 42.8 Å². The second-order valence-corrected chi connectivity index (χ2v) is 7.36. The molecule has 0 radical (unpaired) electrons. The lowest BCUT2D eigenvalue weighted by atomic mass is 9.86. The SMILES string of the molecule is CCc1ccc(-c2noc(COC(=O)C[C@@H]3C[C@@H]4CC[C@@H]3C4)n2)cc1. The highest BCUT2D eigenvalue weighted by atomic mass is 16.6. The topological polar surface area (TPSA) is 65.2 Å². The Morgan fingerprint density at radius 2 is 2.08 bits per heavy atom. The van der Waals surface area contributed by atoms with Crippen molar-refractivity contribution in [2.24, 2.45) is 17.8 Å². The molecule has 2 fully saturated rings. The van der Waals surface area contributed by atoms with Crippen molar-refractivity contribution >= 4 is 5.97 Å². The van der Waals surface area contributed by atoms with Crippen molar-refractivity contribution in [1.82, 2.24) is 10.1 Å². The smallest absolute Gasteiger partial charge is 0.306 e. The Bertz CT molecular complexity index is 738. The van der Waals surface area contributed by atoms with E-state index in [-0.39, 0.29) is 12.6 Å². The van der Waals surface area contributed by atoms with Crippen LogP contribution < -0.4 is 0 Å². The Hall–Kier alpha value is -2.17. The van der Waals surface area contributed by atoms with E-state index >= 15 is 0 Å². The van der Waals surface area contributed by atoms with Crippen LogP contribution in [0, 0.1) is 17.8 Å². The van der Waals surface area contributed by atoms with Gasteiger partial charge in [0.15, 0.2) is 6.61 Å². The first-order valence-corrected chi connectivity index (χ1v) is 9.28. The Morgan fingerprint density at radius 1 is 1.24 bits per heavy atom. The van der Waals surface area contributed by atoms with Crippen molar-refractivity contribution in [1.29, 1.82) is 0 Å². The van der Waals surface area contributed by atoms with E-state index < -0.39 is 0 Å². The van der Waals surface area contributed by atoms with Crippen molar-refractivity contribution in [3.8, 4) is 11.4 Å². The molecular formula is C20H24N2O3. The van der Waals surface area contributed by atoms with Gasteiger partial charge in [-0.25, -0.2) is 0 Å². The summed E-state index contributed by atoms with van der Waals surface area (Å²) in [6, 6.07) is 8.07. The maximum Gasteiger partial charge on any atom is 0.306 e. The van der Waals surface area contributed by atoms with Gasteiger partial charge in [0, 0.05) is 12.0 Å². The molecule has 2 aromatic rings. The summed E-state index contributed by atoms with van der Waals surface area (Å²) in [7, 11) is 0. The van der Waals surface area contributed by atoms with Crippen LogP contribution in [0.25, 0.3) is 11.4 Å². The van der Waals surface area contributed by atoms with Crippen molar-refractivity contribution in [2.45, 2.75) is 52.1 Å². The molecule has 1 aromatic heterocycles. The fourth-order valence-corrected chi connectivity index (χ4v) is 4.36. The lowest BCUT2D eigenvalue weighted by molar-refractivity contribution is -0.147. The number of esters is 1. The van der Waals surface area contributed by atoms with E-state index in [1.54, 1.807) is 0 Å². The van der Waals surface area contributed by atoms with Gasteiger partial charge in [0.25, 0.3) is 5.89 Å². The highest BCUT2D eigenvalue weighted by molar-refractivity contribution is 5.69. The molecule has 2 aliphatic carbocycles. The highest BCUT2D eigenvalue weighted by Gasteiger charge is 2.40. The molecule has 2 bridgehead atoms. The quantitative estimate of drug-likeness (QED) is 0.739. The van der Waals surface area contributed by atoms with E-state index in [4.69, 9.17) is 9.26 Å². The number of rotatable bonds is 6. The van der Waals surface area contributed by atoms with Gasteiger partial charge in [0.2, 0.25) is 5.82 Å². The third kappa shape index (κ3) is 3.60. The summed E-state index contributed by atoms with van der Waals surface area (Å²) in [6.45, 7) is 2.17. The summed E-state index contributed by atoms with van der Waals surface area (Å²) < 4.78 is 10.6. The van der Waals surface area contributed by atoms with Crippen molar-refractivity contribution in [3.63, 3.8) is 0 Å². The molecule has 2 aliphatic rings. The van der Waals surface area contributed by atoms with Crippen molar-refractivity contribution in [2.75, 3.05) is 0 Å². The predicted octanol–water partition coefficient (Wildman–Crippen LogP) is 4.17. The van der Waals surface area contributed by atoms with Gasteiger partial charge in [0.05, 0.1) is 0 Å². The molecule has 0 N–H and O–H groups in total. The molecule has 5 nitrogen and oxygen atoms in total. The van der Waals surface area contributed by atoms with E-state index in [0.717, 1.165) is 23.8 Å². The molecule has 3 atom stereocenters. The first-order chi connectivity index (χ1) is 12.2. The standard InChI is InChI=1S/C20H24N2O3/c1-2-13-3-6-15(7-4-13)20-21-18(25-22-20)12-24-19(23)11-17-10-14-5-8-16(17)9-14/h3-4,6-7,14,16-17H,2,5,8-12H2,1H3/t14-,16-,17+/m1/s1. The normalized spacial score (nSPS) is 24.6. The average molecular weight is 340 g/mol. The van der Waals surface area contributed by atoms with Gasteiger partial charge < -0.3 is 9.26 Å². The Balaban J connectivity index is 1.29. The molecule has 4 rings (SSSR count). The van der Waals surface area contributed by atoms with Crippen LogP contribution >= 0.6 is 0 Å². The molecule has 25 heavy (non-hydrogen) atoms. The van der Waals surface area contributed by atoms with E-state index in [9.17, 15) is 4.79 Å². The third-order valence-electron chi connectivity index (χ3n) is 5.76. The average Bonchev–Trinajstić information content (AvgIpc) is 3.37. The maximum absolute atomic E-state index is 12.1. The van der Waals surface area contributed by atoms with E-state index in [2.05, 4.69) is 29.2 Å². The number of ether oxygens (including phenoxy) is 1. The van der Waals surface area contributed by atoms with Crippen LogP contribution in [-0.4, -0.2) is 16.1 Å². The van der Waals surface area contributed by atoms with Gasteiger partial charge in [-0.3, -0.25) is 4.79 Å². The van der Waals surface area contributed by atoms with E-state index in [1.807, 2.05) is 12.1 Å². The summed E-state index contributed by atoms with van der Waals surface area (Å²) in [5.74, 6) is 2.82. The van der Waals surface area contributed by atoms with E-state index in [1.165, 1.54) is 31.2 Å². The molecule has 0 spiro atoms. The molecular weight excluding hydrogens is 316 g/mol. The molecule has 0 unspecified atom stereocenters. The molecule has 1 aromatic carbocycles. The fraction of sp³-hybridized carbons (Fsp3) is 0.550. The zero-order chi connectivity index (χ0) is 17.2. The fourth-order valence-electron chi connectivity index (χ4n) is 4.36. The van der Waals surface area contributed by atoms with Crippen LogP contribution in [0.1, 0.15) is 50.5 Å². The van der Waals surface area contributed by atoms with Crippen LogP contribution in [-0.2, 0) is 22.6 Å². The first-order valence-electron chi connectivity index (χ1n) is 9.28. The second-order valence-electron chi connectivity index (χ2n) is 7.36. The highest BCUT2D eigenvalue weighted by Crippen LogP contribution is 2.49. The number of fused-ring (bicyclic) bond motifs is 2. The third-order valence-corrected chi connectivity index (χ3v) is 5.76. The Kier molecular flexibility index (Phi) is 4.55. The number of benzene rings is 1. The largest absolute Gasteiger partial charge is 0.456 e. The first kappa shape index (κ1) is 16.3. The number of aryl methyl sites for hydroxylation is 1. The van der Waals surface area contributed by atoms with Crippen molar-refractivity contribution in [3.05, 3.63) is 35.7 Å². The Labute approximate surface area is 147 Å².